The van der Waals surface area contributed by atoms with Crippen molar-refractivity contribution >= 4 is 28.7 Å². The van der Waals surface area contributed by atoms with E-state index in [1.807, 2.05) is 0 Å². The van der Waals surface area contributed by atoms with Gasteiger partial charge in [-0.25, -0.2) is 4.98 Å². The molecule has 0 bridgehead atoms. The van der Waals surface area contributed by atoms with Gasteiger partial charge >= 0.3 is 0 Å². The van der Waals surface area contributed by atoms with Crippen LogP contribution in [0.1, 0.15) is 5.69 Å². The van der Waals surface area contributed by atoms with Gasteiger partial charge in [0.2, 0.25) is 5.65 Å². The molecule has 0 amide bonds. The molecule has 3 aromatic rings. The number of hydrogen-bond donors (Lipinski definition) is 3. The molecule has 0 aromatic carbocycles. The molecule has 86 valence electrons. The lowest BCUT2D eigenvalue weighted by Gasteiger charge is -2.00. The second kappa shape index (κ2) is 4.01. The highest BCUT2D eigenvalue weighted by Gasteiger charge is 2.09. The zero-order valence-electron chi connectivity index (χ0n) is 8.58. The van der Waals surface area contributed by atoms with E-state index in [0.29, 0.717) is 22.7 Å². The van der Waals surface area contributed by atoms with Crippen molar-refractivity contribution in [3.8, 4) is 0 Å². The van der Waals surface area contributed by atoms with Crippen molar-refractivity contribution in [1.29, 1.82) is 0 Å². The van der Waals surface area contributed by atoms with Crippen LogP contribution in [-0.2, 0) is 5.75 Å². The fourth-order valence-electron chi connectivity index (χ4n) is 1.38. The molecule has 0 aliphatic rings. The first-order valence-corrected chi connectivity index (χ1v) is 5.76. The maximum atomic E-state index is 5.69. The standard InChI is InChI=1S/C8H8N8S/c9-6-1-5(7-8(11-6)14-16-13-7)17-3-4-2-10-15-12-4/h1-2H,3H2,(H,10,12,15)(H3,9,11,13,14,16). The normalized spacial score (nSPS) is 11.1. The fraction of sp³-hybridized carbons (Fsp3) is 0.125. The monoisotopic (exact) mass is 248 g/mol. The third-order valence-corrected chi connectivity index (χ3v) is 3.18. The summed E-state index contributed by atoms with van der Waals surface area (Å²) in [6, 6.07) is 1.77. The number of aromatic nitrogens is 7. The third-order valence-electron chi connectivity index (χ3n) is 2.12. The van der Waals surface area contributed by atoms with Crippen LogP contribution in [0.5, 0.6) is 0 Å². The zero-order valence-corrected chi connectivity index (χ0v) is 9.40. The largest absolute Gasteiger partial charge is 0.384 e. The molecule has 3 aromatic heterocycles. The Balaban J connectivity index is 1.91. The Morgan fingerprint density at radius 1 is 1.24 bits per heavy atom. The summed E-state index contributed by atoms with van der Waals surface area (Å²) in [5.41, 5.74) is 7.79. The predicted molar refractivity (Wildman–Crippen MR) is 62.0 cm³/mol. The molecule has 4 N–H and O–H groups in total. The van der Waals surface area contributed by atoms with Crippen LogP contribution >= 0.6 is 11.8 Å². The highest BCUT2D eigenvalue weighted by atomic mass is 32.2. The number of thioether (sulfide) groups is 1. The van der Waals surface area contributed by atoms with E-state index in [4.69, 9.17) is 5.73 Å². The molecule has 0 atom stereocenters. The van der Waals surface area contributed by atoms with Crippen LogP contribution < -0.4 is 5.73 Å². The molecule has 17 heavy (non-hydrogen) atoms. The Morgan fingerprint density at radius 3 is 3.00 bits per heavy atom. The molecule has 0 saturated carbocycles. The minimum Gasteiger partial charge on any atom is -0.384 e. The number of nitrogens with one attached hydrogen (secondary N) is 2. The molecular formula is C8H8N8S. The highest BCUT2D eigenvalue weighted by molar-refractivity contribution is 7.98. The number of rotatable bonds is 3. The van der Waals surface area contributed by atoms with Crippen molar-refractivity contribution < 1.29 is 0 Å². The summed E-state index contributed by atoms with van der Waals surface area (Å²) in [6.07, 6.45) is 1.68. The van der Waals surface area contributed by atoms with Crippen LogP contribution in [0.25, 0.3) is 11.2 Å². The van der Waals surface area contributed by atoms with E-state index < -0.39 is 0 Å². The molecule has 9 heteroatoms. The average molecular weight is 248 g/mol. The summed E-state index contributed by atoms with van der Waals surface area (Å²) in [5, 5.41) is 20.8. The van der Waals surface area contributed by atoms with Gasteiger partial charge in [-0.3, -0.25) is 0 Å². The van der Waals surface area contributed by atoms with Crippen molar-refractivity contribution in [2.75, 3.05) is 5.73 Å². The molecule has 8 nitrogen and oxygen atoms in total. The van der Waals surface area contributed by atoms with Gasteiger partial charge in [-0.2, -0.15) is 25.7 Å². The maximum absolute atomic E-state index is 5.69. The Bertz CT molecular complexity index is 630. The smallest absolute Gasteiger partial charge is 0.204 e. The van der Waals surface area contributed by atoms with Crippen molar-refractivity contribution in [1.82, 2.24) is 35.8 Å². The summed E-state index contributed by atoms with van der Waals surface area (Å²) < 4.78 is 0. The molecule has 0 unspecified atom stereocenters. The summed E-state index contributed by atoms with van der Waals surface area (Å²) in [5.74, 6) is 1.11. The van der Waals surface area contributed by atoms with E-state index >= 15 is 0 Å². The molecule has 0 radical (unpaired) electrons. The van der Waals surface area contributed by atoms with E-state index in [1.165, 1.54) is 0 Å². The molecule has 0 spiro atoms. The van der Waals surface area contributed by atoms with Crippen molar-refractivity contribution in [3.63, 3.8) is 0 Å². The van der Waals surface area contributed by atoms with Crippen LogP contribution in [-0.4, -0.2) is 35.8 Å². The molecule has 0 aliphatic heterocycles. The SMILES string of the molecule is Nc1cc(SCc2cn[nH]n2)c2n[nH]nc2n1. The van der Waals surface area contributed by atoms with E-state index in [9.17, 15) is 0 Å². The summed E-state index contributed by atoms with van der Waals surface area (Å²) >= 11 is 1.56. The van der Waals surface area contributed by atoms with Crippen LogP contribution in [0, 0.1) is 0 Å². The van der Waals surface area contributed by atoms with Crippen molar-refractivity contribution in [2.45, 2.75) is 10.6 Å². The van der Waals surface area contributed by atoms with Crippen LogP contribution in [0.15, 0.2) is 17.2 Å². The first-order valence-electron chi connectivity index (χ1n) is 4.77. The Kier molecular flexibility index (Phi) is 2.37. The first-order chi connectivity index (χ1) is 8.33. The molecular weight excluding hydrogens is 240 g/mol. The number of aromatic amines is 2. The van der Waals surface area contributed by atoms with Crippen molar-refractivity contribution in [3.05, 3.63) is 18.0 Å². The average Bonchev–Trinajstić information content (AvgIpc) is 2.95. The Morgan fingerprint density at radius 2 is 2.18 bits per heavy atom. The van der Waals surface area contributed by atoms with Gasteiger partial charge < -0.3 is 5.73 Å². The number of nitrogen functional groups attached to an aromatic ring is 1. The van der Waals surface area contributed by atoms with Crippen LogP contribution in [0.3, 0.4) is 0 Å². The summed E-state index contributed by atoms with van der Waals surface area (Å²) in [7, 11) is 0. The van der Waals surface area contributed by atoms with Crippen molar-refractivity contribution in [2.24, 2.45) is 0 Å². The number of fused-ring (bicyclic) bond motifs is 1. The van der Waals surface area contributed by atoms with Gasteiger partial charge in [-0.05, 0) is 6.07 Å². The number of H-pyrrole nitrogens is 2. The Hall–Kier alpha value is -2.16. The molecule has 3 heterocycles. The minimum atomic E-state index is 0.425. The predicted octanol–water partition coefficient (Wildman–Crippen LogP) is 0.345. The lowest BCUT2D eigenvalue weighted by Crippen LogP contribution is -1.92. The molecule has 3 rings (SSSR count). The van der Waals surface area contributed by atoms with Crippen LogP contribution in [0.4, 0.5) is 5.82 Å². The van der Waals surface area contributed by atoms with Gasteiger partial charge in [0.25, 0.3) is 0 Å². The van der Waals surface area contributed by atoms with E-state index in [1.54, 1.807) is 24.0 Å². The van der Waals surface area contributed by atoms with E-state index in [-0.39, 0.29) is 0 Å². The molecule has 0 aliphatic carbocycles. The van der Waals surface area contributed by atoms with Gasteiger partial charge in [-0.1, -0.05) is 0 Å². The summed E-state index contributed by atoms with van der Waals surface area (Å²) in [4.78, 5) is 4.99. The zero-order chi connectivity index (χ0) is 11.7. The van der Waals surface area contributed by atoms with E-state index in [2.05, 4.69) is 35.8 Å². The number of hydrogen-bond acceptors (Lipinski definition) is 7. The van der Waals surface area contributed by atoms with Gasteiger partial charge in [0.1, 0.15) is 11.3 Å². The number of anilines is 1. The minimum absolute atomic E-state index is 0.425. The van der Waals surface area contributed by atoms with Gasteiger partial charge in [0, 0.05) is 10.6 Å². The molecule has 0 saturated heterocycles. The first kappa shape index (κ1) is 10.0. The second-order valence-electron chi connectivity index (χ2n) is 3.29. The van der Waals surface area contributed by atoms with E-state index in [0.717, 1.165) is 10.6 Å². The number of nitrogens with zero attached hydrogens (tertiary/aromatic N) is 5. The van der Waals surface area contributed by atoms with Gasteiger partial charge in [-0.15, -0.1) is 16.9 Å². The van der Waals surface area contributed by atoms with Gasteiger partial charge in [0.05, 0.1) is 11.9 Å². The number of pyridine rings is 1. The fourth-order valence-corrected chi connectivity index (χ4v) is 2.30. The Labute approximate surface area is 99.4 Å². The second-order valence-corrected chi connectivity index (χ2v) is 4.31. The number of nitrogens with two attached hydrogens (primary N) is 1. The molecule has 0 fully saturated rings. The topological polar surface area (TPSA) is 122 Å². The van der Waals surface area contributed by atoms with Gasteiger partial charge in [0.15, 0.2) is 0 Å². The highest BCUT2D eigenvalue weighted by Crippen LogP contribution is 2.28. The quantitative estimate of drug-likeness (QED) is 0.571. The maximum Gasteiger partial charge on any atom is 0.204 e. The summed E-state index contributed by atoms with van der Waals surface area (Å²) in [6.45, 7) is 0. The lowest BCUT2D eigenvalue weighted by molar-refractivity contribution is 0.926. The third kappa shape index (κ3) is 1.91. The van der Waals surface area contributed by atoms with Crippen LogP contribution in [0.2, 0.25) is 0 Å². The lowest BCUT2D eigenvalue weighted by atomic mass is 10.4.